The van der Waals surface area contributed by atoms with Crippen LogP contribution in [-0.4, -0.2) is 50.1 Å². The van der Waals surface area contributed by atoms with E-state index >= 15 is 0 Å². The van der Waals surface area contributed by atoms with Crippen molar-refractivity contribution in [3.63, 3.8) is 0 Å². The number of nitrogens with one attached hydrogen (secondary N) is 1. The van der Waals surface area contributed by atoms with Crippen LogP contribution in [0.15, 0.2) is 48.5 Å². The van der Waals surface area contributed by atoms with Crippen LogP contribution in [0.5, 0.6) is 11.5 Å². The Morgan fingerprint density at radius 1 is 1.03 bits per heavy atom. The smallest absolute Gasteiger partial charge is 0.252 e. The van der Waals surface area contributed by atoms with Gasteiger partial charge in [0.05, 0.1) is 13.7 Å². The first-order chi connectivity index (χ1) is 13.8. The third-order valence-corrected chi connectivity index (χ3v) is 4.74. The lowest BCUT2D eigenvalue weighted by Gasteiger charge is -2.27. The van der Waals surface area contributed by atoms with E-state index in [2.05, 4.69) is 5.32 Å². The first-order valence-corrected chi connectivity index (χ1v) is 9.71. The molecule has 1 N–H and O–H groups in total. The fourth-order valence-corrected chi connectivity index (χ4v) is 2.88. The Morgan fingerprint density at radius 2 is 1.66 bits per heavy atom. The molecule has 6 nitrogen and oxygen atoms in total. The molecule has 2 aromatic carbocycles. The molecule has 6 heteroatoms. The van der Waals surface area contributed by atoms with Crippen LogP contribution < -0.4 is 14.8 Å². The molecule has 0 aliphatic carbocycles. The van der Waals surface area contributed by atoms with Crippen molar-refractivity contribution < 1.29 is 19.1 Å². The third-order valence-electron chi connectivity index (χ3n) is 4.74. The van der Waals surface area contributed by atoms with Crippen molar-refractivity contribution in [2.24, 2.45) is 5.92 Å². The maximum atomic E-state index is 12.9. The fourth-order valence-electron chi connectivity index (χ4n) is 2.88. The molecule has 2 aromatic rings. The Kier molecular flexibility index (Phi) is 8.07. The summed E-state index contributed by atoms with van der Waals surface area (Å²) in [5.74, 6) is 1.05. The van der Waals surface area contributed by atoms with Gasteiger partial charge in [0, 0.05) is 12.6 Å². The van der Waals surface area contributed by atoms with Gasteiger partial charge in [-0.2, -0.15) is 0 Å². The SMILES string of the molecule is COc1ccc(OCCN(C)C(=O)C(NC(=O)c2ccccc2C)C(C)C)cc1. The highest BCUT2D eigenvalue weighted by atomic mass is 16.5. The number of rotatable bonds is 9. The molecular formula is C23H30N2O4. The van der Waals surface area contributed by atoms with Gasteiger partial charge in [0.2, 0.25) is 5.91 Å². The van der Waals surface area contributed by atoms with Crippen LogP contribution in [0.2, 0.25) is 0 Å². The van der Waals surface area contributed by atoms with Gasteiger partial charge in [0.25, 0.3) is 5.91 Å². The van der Waals surface area contributed by atoms with Gasteiger partial charge >= 0.3 is 0 Å². The number of carbonyl (C=O) groups excluding carboxylic acids is 2. The molecule has 0 saturated carbocycles. The summed E-state index contributed by atoms with van der Waals surface area (Å²) in [5, 5.41) is 2.89. The maximum Gasteiger partial charge on any atom is 0.252 e. The summed E-state index contributed by atoms with van der Waals surface area (Å²) in [5.41, 5.74) is 1.46. The summed E-state index contributed by atoms with van der Waals surface area (Å²) >= 11 is 0. The number of amides is 2. The van der Waals surface area contributed by atoms with Crippen molar-refractivity contribution in [3.8, 4) is 11.5 Å². The summed E-state index contributed by atoms with van der Waals surface area (Å²) in [7, 11) is 3.33. The second-order valence-electron chi connectivity index (χ2n) is 7.29. The van der Waals surface area contributed by atoms with Gasteiger partial charge in [-0.15, -0.1) is 0 Å². The Hall–Kier alpha value is -3.02. The first kappa shape index (κ1) is 22.3. The monoisotopic (exact) mass is 398 g/mol. The normalized spacial score (nSPS) is 11.7. The number of nitrogens with zero attached hydrogens (tertiary/aromatic N) is 1. The average molecular weight is 399 g/mol. The van der Waals surface area contributed by atoms with E-state index in [4.69, 9.17) is 9.47 Å². The third kappa shape index (κ3) is 6.24. The molecule has 0 aliphatic heterocycles. The number of hydrogen-bond donors (Lipinski definition) is 1. The second-order valence-corrected chi connectivity index (χ2v) is 7.29. The highest BCUT2D eigenvalue weighted by molar-refractivity contribution is 5.98. The largest absolute Gasteiger partial charge is 0.497 e. The van der Waals surface area contributed by atoms with Gasteiger partial charge in [-0.1, -0.05) is 32.0 Å². The van der Waals surface area contributed by atoms with Crippen LogP contribution >= 0.6 is 0 Å². The number of ether oxygens (including phenoxy) is 2. The van der Waals surface area contributed by atoms with Gasteiger partial charge in [0.15, 0.2) is 0 Å². The Labute approximate surface area is 172 Å². The molecule has 156 valence electrons. The standard InChI is InChI=1S/C23H30N2O4/c1-16(2)21(24-22(26)20-9-7-6-8-17(20)3)23(27)25(4)14-15-29-19-12-10-18(28-5)11-13-19/h6-13,16,21H,14-15H2,1-5H3,(H,24,26). The Balaban J connectivity index is 1.93. The van der Waals surface area contributed by atoms with E-state index in [0.29, 0.717) is 24.5 Å². The van der Waals surface area contributed by atoms with Crippen LogP contribution in [0.3, 0.4) is 0 Å². The zero-order valence-electron chi connectivity index (χ0n) is 17.8. The maximum absolute atomic E-state index is 12.9. The summed E-state index contributed by atoms with van der Waals surface area (Å²) in [4.78, 5) is 27.1. The van der Waals surface area contributed by atoms with Crippen LogP contribution in [-0.2, 0) is 4.79 Å². The van der Waals surface area contributed by atoms with Crippen molar-refractivity contribution in [2.75, 3.05) is 27.3 Å². The van der Waals surface area contributed by atoms with E-state index in [0.717, 1.165) is 11.3 Å². The van der Waals surface area contributed by atoms with E-state index in [-0.39, 0.29) is 17.7 Å². The fraction of sp³-hybridized carbons (Fsp3) is 0.391. The van der Waals surface area contributed by atoms with Crippen molar-refractivity contribution >= 4 is 11.8 Å². The molecule has 0 heterocycles. The first-order valence-electron chi connectivity index (χ1n) is 9.71. The predicted molar refractivity (Wildman–Crippen MR) is 113 cm³/mol. The summed E-state index contributed by atoms with van der Waals surface area (Å²) in [6.07, 6.45) is 0. The lowest BCUT2D eigenvalue weighted by atomic mass is 10.0. The number of hydrogen-bond acceptors (Lipinski definition) is 4. The van der Waals surface area contributed by atoms with E-state index < -0.39 is 6.04 Å². The van der Waals surface area contributed by atoms with E-state index in [9.17, 15) is 9.59 Å². The van der Waals surface area contributed by atoms with Crippen LogP contribution in [0.4, 0.5) is 0 Å². The predicted octanol–water partition coefficient (Wildman–Crippen LogP) is 3.30. The average Bonchev–Trinajstić information content (AvgIpc) is 2.71. The zero-order chi connectivity index (χ0) is 21.4. The molecule has 0 fully saturated rings. The second kappa shape index (κ2) is 10.5. The molecule has 1 atom stereocenters. The van der Waals surface area contributed by atoms with Crippen molar-refractivity contribution in [3.05, 3.63) is 59.7 Å². The molecule has 0 saturated heterocycles. The molecular weight excluding hydrogens is 368 g/mol. The lowest BCUT2D eigenvalue weighted by Crippen LogP contribution is -2.51. The minimum atomic E-state index is -0.604. The van der Waals surface area contributed by atoms with E-state index in [1.807, 2.05) is 63.2 Å². The highest BCUT2D eigenvalue weighted by Crippen LogP contribution is 2.17. The molecule has 0 spiro atoms. The molecule has 0 radical (unpaired) electrons. The molecule has 29 heavy (non-hydrogen) atoms. The molecule has 0 aromatic heterocycles. The van der Waals surface area contributed by atoms with Gasteiger partial charge in [-0.3, -0.25) is 9.59 Å². The van der Waals surface area contributed by atoms with Gasteiger partial charge < -0.3 is 19.7 Å². The molecule has 2 rings (SSSR count). The number of aryl methyl sites for hydroxylation is 1. The van der Waals surface area contributed by atoms with Crippen LogP contribution in [0.1, 0.15) is 29.8 Å². The Bertz CT molecular complexity index is 818. The van der Waals surface area contributed by atoms with E-state index in [1.54, 1.807) is 25.1 Å². The molecule has 2 amide bonds. The van der Waals surface area contributed by atoms with Gasteiger partial charge in [0.1, 0.15) is 24.1 Å². The van der Waals surface area contributed by atoms with Crippen molar-refractivity contribution in [2.45, 2.75) is 26.8 Å². The zero-order valence-corrected chi connectivity index (χ0v) is 17.8. The summed E-state index contributed by atoms with van der Waals surface area (Å²) in [6, 6.07) is 14.0. The van der Waals surface area contributed by atoms with E-state index in [1.165, 1.54) is 0 Å². The number of benzene rings is 2. The number of carbonyl (C=O) groups is 2. The van der Waals surface area contributed by atoms with Crippen molar-refractivity contribution in [1.82, 2.24) is 10.2 Å². The lowest BCUT2D eigenvalue weighted by molar-refractivity contribution is -0.133. The molecule has 0 aliphatic rings. The van der Waals surface area contributed by atoms with Crippen LogP contribution in [0.25, 0.3) is 0 Å². The topological polar surface area (TPSA) is 67.9 Å². The summed E-state index contributed by atoms with van der Waals surface area (Å²) < 4.78 is 10.8. The number of likely N-dealkylation sites (N-methyl/N-ethyl adjacent to an activating group) is 1. The quantitative estimate of drug-likeness (QED) is 0.704. The van der Waals surface area contributed by atoms with Crippen LogP contribution in [0, 0.1) is 12.8 Å². The minimum Gasteiger partial charge on any atom is -0.497 e. The Morgan fingerprint density at radius 3 is 2.24 bits per heavy atom. The number of methoxy groups -OCH3 is 1. The minimum absolute atomic E-state index is 0.0413. The molecule has 0 bridgehead atoms. The van der Waals surface area contributed by atoms with Crippen molar-refractivity contribution in [1.29, 1.82) is 0 Å². The summed E-state index contributed by atoms with van der Waals surface area (Å²) in [6.45, 7) is 6.48. The van der Waals surface area contributed by atoms with Gasteiger partial charge in [-0.25, -0.2) is 0 Å². The van der Waals surface area contributed by atoms with Gasteiger partial charge in [-0.05, 0) is 48.7 Å². The highest BCUT2D eigenvalue weighted by Gasteiger charge is 2.27. The molecule has 1 unspecified atom stereocenters.